The van der Waals surface area contributed by atoms with Crippen LogP contribution >= 0.6 is 0 Å². The third kappa shape index (κ3) is 2.69. The molecular formula is C16H21NO3. The average molecular weight is 275 g/mol. The minimum absolute atomic E-state index is 0.165. The van der Waals surface area contributed by atoms with Gasteiger partial charge in [0.1, 0.15) is 0 Å². The lowest BCUT2D eigenvalue weighted by Crippen LogP contribution is -2.26. The monoisotopic (exact) mass is 275 g/mol. The van der Waals surface area contributed by atoms with Crippen molar-refractivity contribution in [3.63, 3.8) is 0 Å². The maximum atomic E-state index is 12.1. The molecule has 0 aromatic heterocycles. The molecule has 1 aromatic rings. The minimum atomic E-state index is -0.887. The molecule has 0 aliphatic heterocycles. The molecular weight excluding hydrogens is 254 g/mol. The van der Waals surface area contributed by atoms with Crippen molar-refractivity contribution in [2.45, 2.75) is 33.7 Å². The highest BCUT2D eigenvalue weighted by atomic mass is 16.4. The fourth-order valence-electron chi connectivity index (χ4n) is 2.78. The molecule has 0 saturated heterocycles. The Balaban J connectivity index is 1.91. The number of rotatable bonds is 5. The van der Waals surface area contributed by atoms with Crippen LogP contribution in [0.4, 0.5) is 0 Å². The van der Waals surface area contributed by atoms with E-state index in [1.54, 1.807) is 0 Å². The Morgan fingerprint density at radius 3 is 2.15 bits per heavy atom. The first-order valence-electron chi connectivity index (χ1n) is 6.96. The van der Waals surface area contributed by atoms with E-state index in [0.717, 1.165) is 12.0 Å². The molecule has 2 atom stereocenters. The molecule has 1 aliphatic rings. The topological polar surface area (TPSA) is 66.4 Å². The van der Waals surface area contributed by atoms with E-state index in [4.69, 9.17) is 5.11 Å². The van der Waals surface area contributed by atoms with Gasteiger partial charge in [0, 0.05) is 6.54 Å². The standard InChI is InChI=1S/C16H21NO3/c1-4-10-5-7-11(8-6-10)9-17-14(18)12-13(15(19)20)16(12,2)3/h5-8,12-13H,4,9H2,1-3H3,(H,17,18)(H,19,20)/t12-,13+/m1/s1. The van der Waals surface area contributed by atoms with Gasteiger partial charge in [-0.2, -0.15) is 0 Å². The molecule has 0 bridgehead atoms. The van der Waals surface area contributed by atoms with Gasteiger partial charge in [0.25, 0.3) is 0 Å². The van der Waals surface area contributed by atoms with Crippen LogP contribution in [0.2, 0.25) is 0 Å². The summed E-state index contributed by atoms with van der Waals surface area (Å²) < 4.78 is 0. The Labute approximate surface area is 119 Å². The van der Waals surface area contributed by atoms with Gasteiger partial charge in [-0.15, -0.1) is 0 Å². The molecule has 1 amide bonds. The first kappa shape index (κ1) is 14.6. The maximum absolute atomic E-state index is 12.1. The number of benzene rings is 1. The Morgan fingerprint density at radius 1 is 1.15 bits per heavy atom. The first-order chi connectivity index (χ1) is 9.37. The lowest BCUT2D eigenvalue weighted by molar-refractivity contribution is -0.140. The van der Waals surface area contributed by atoms with E-state index in [0.29, 0.717) is 6.54 Å². The Bertz CT molecular complexity index is 519. The molecule has 1 aliphatic carbocycles. The summed E-state index contributed by atoms with van der Waals surface area (Å²) in [5, 5.41) is 11.9. The van der Waals surface area contributed by atoms with Crippen molar-refractivity contribution in [1.82, 2.24) is 5.32 Å². The van der Waals surface area contributed by atoms with E-state index in [2.05, 4.69) is 12.2 Å². The van der Waals surface area contributed by atoms with Gasteiger partial charge < -0.3 is 10.4 Å². The van der Waals surface area contributed by atoms with Crippen LogP contribution in [0.5, 0.6) is 0 Å². The number of carbonyl (C=O) groups is 2. The summed E-state index contributed by atoms with van der Waals surface area (Å²) in [5.41, 5.74) is 1.84. The van der Waals surface area contributed by atoms with E-state index < -0.39 is 23.2 Å². The summed E-state index contributed by atoms with van der Waals surface area (Å²) in [7, 11) is 0. The minimum Gasteiger partial charge on any atom is -0.481 e. The second-order valence-corrected chi connectivity index (χ2v) is 6.00. The molecule has 108 valence electrons. The molecule has 0 heterocycles. The third-order valence-electron chi connectivity index (χ3n) is 4.27. The summed E-state index contributed by atoms with van der Waals surface area (Å²) >= 11 is 0. The van der Waals surface area contributed by atoms with Crippen LogP contribution in [0.15, 0.2) is 24.3 Å². The SMILES string of the molecule is CCc1ccc(CNC(=O)[C@H]2[C@@H](C(=O)O)C2(C)C)cc1. The summed E-state index contributed by atoms with van der Waals surface area (Å²) in [6, 6.07) is 8.07. The summed E-state index contributed by atoms with van der Waals surface area (Å²) in [5.74, 6) is -2.04. The molecule has 4 heteroatoms. The zero-order valence-corrected chi connectivity index (χ0v) is 12.1. The zero-order chi connectivity index (χ0) is 14.9. The van der Waals surface area contributed by atoms with Crippen molar-refractivity contribution in [1.29, 1.82) is 0 Å². The smallest absolute Gasteiger partial charge is 0.307 e. The summed E-state index contributed by atoms with van der Waals surface area (Å²) in [4.78, 5) is 23.1. The Kier molecular flexibility index (Phi) is 3.84. The lowest BCUT2D eigenvalue weighted by atomic mass is 10.1. The van der Waals surface area contributed by atoms with E-state index in [1.165, 1.54) is 5.56 Å². The molecule has 2 N–H and O–H groups in total. The van der Waals surface area contributed by atoms with Gasteiger partial charge in [0.15, 0.2) is 0 Å². The predicted molar refractivity (Wildman–Crippen MR) is 76.1 cm³/mol. The highest BCUT2D eigenvalue weighted by molar-refractivity contribution is 5.91. The van der Waals surface area contributed by atoms with Gasteiger partial charge >= 0.3 is 5.97 Å². The fraction of sp³-hybridized carbons (Fsp3) is 0.500. The molecule has 1 fully saturated rings. The van der Waals surface area contributed by atoms with Crippen LogP contribution in [0.25, 0.3) is 0 Å². The van der Waals surface area contributed by atoms with Gasteiger partial charge in [-0.1, -0.05) is 45.0 Å². The third-order valence-corrected chi connectivity index (χ3v) is 4.27. The van der Waals surface area contributed by atoms with Crippen molar-refractivity contribution in [2.24, 2.45) is 17.3 Å². The van der Waals surface area contributed by atoms with Crippen LogP contribution in [0.1, 0.15) is 31.9 Å². The second kappa shape index (κ2) is 5.27. The van der Waals surface area contributed by atoms with Crippen LogP contribution in [0.3, 0.4) is 0 Å². The zero-order valence-electron chi connectivity index (χ0n) is 12.1. The van der Waals surface area contributed by atoms with Gasteiger partial charge in [0.05, 0.1) is 11.8 Å². The number of aliphatic carboxylic acids is 1. The molecule has 4 nitrogen and oxygen atoms in total. The van der Waals surface area contributed by atoms with Crippen LogP contribution in [-0.4, -0.2) is 17.0 Å². The van der Waals surface area contributed by atoms with Crippen LogP contribution in [0, 0.1) is 17.3 Å². The average Bonchev–Trinajstić information content (AvgIpc) is 3.00. The summed E-state index contributed by atoms with van der Waals surface area (Å²) in [6.45, 7) is 6.19. The summed E-state index contributed by atoms with van der Waals surface area (Å²) in [6.07, 6.45) is 0.989. The van der Waals surface area contributed by atoms with Crippen LogP contribution < -0.4 is 5.32 Å². The van der Waals surface area contributed by atoms with Crippen molar-refractivity contribution < 1.29 is 14.7 Å². The Morgan fingerprint density at radius 2 is 1.70 bits per heavy atom. The molecule has 0 spiro atoms. The second-order valence-electron chi connectivity index (χ2n) is 6.00. The van der Waals surface area contributed by atoms with E-state index in [9.17, 15) is 9.59 Å². The van der Waals surface area contributed by atoms with Gasteiger partial charge in [-0.25, -0.2) is 0 Å². The Hall–Kier alpha value is -1.84. The number of carboxylic acids is 1. The number of aryl methyl sites for hydroxylation is 1. The molecule has 2 rings (SSSR count). The van der Waals surface area contributed by atoms with Gasteiger partial charge in [-0.05, 0) is 23.0 Å². The van der Waals surface area contributed by atoms with Crippen molar-refractivity contribution in [3.8, 4) is 0 Å². The van der Waals surface area contributed by atoms with E-state index >= 15 is 0 Å². The highest BCUT2D eigenvalue weighted by Gasteiger charge is 2.65. The number of nitrogens with one attached hydrogen (secondary N) is 1. The quantitative estimate of drug-likeness (QED) is 0.866. The van der Waals surface area contributed by atoms with Crippen molar-refractivity contribution >= 4 is 11.9 Å². The van der Waals surface area contributed by atoms with Crippen LogP contribution in [-0.2, 0) is 22.6 Å². The van der Waals surface area contributed by atoms with E-state index in [1.807, 2.05) is 38.1 Å². The number of hydrogen-bond donors (Lipinski definition) is 2. The highest BCUT2D eigenvalue weighted by Crippen LogP contribution is 2.58. The number of hydrogen-bond acceptors (Lipinski definition) is 2. The first-order valence-corrected chi connectivity index (χ1v) is 6.96. The lowest BCUT2D eigenvalue weighted by Gasteiger charge is -2.07. The maximum Gasteiger partial charge on any atom is 0.307 e. The fourth-order valence-corrected chi connectivity index (χ4v) is 2.78. The molecule has 1 saturated carbocycles. The number of amides is 1. The van der Waals surface area contributed by atoms with Crippen molar-refractivity contribution in [2.75, 3.05) is 0 Å². The van der Waals surface area contributed by atoms with E-state index in [-0.39, 0.29) is 5.91 Å². The predicted octanol–water partition coefficient (Wildman–Crippen LogP) is 2.22. The van der Waals surface area contributed by atoms with Gasteiger partial charge in [0.2, 0.25) is 5.91 Å². The van der Waals surface area contributed by atoms with Crippen molar-refractivity contribution in [3.05, 3.63) is 35.4 Å². The normalized spacial score (nSPS) is 23.1. The largest absolute Gasteiger partial charge is 0.481 e. The molecule has 20 heavy (non-hydrogen) atoms. The van der Waals surface area contributed by atoms with Gasteiger partial charge in [-0.3, -0.25) is 9.59 Å². The number of carbonyl (C=O) groups excluding carboxylic acids is 1. The number of carboxylic acid groups (broad SMARTS) is 1. The molecule has 0 unspecified atom stereocenters. The molecule has 0 radical (unpaired) electrons. The molecule has 1 aromatic carbocycles.